The Bertz CT molecular complexity index is 488. The van der Waals surface area contributed by atoms with Gasteiger partial charge in [0.25, 0.3) is 5.91 Å². The molecule has 5 nitrogen and oxygen atoms in total. The van der Waals surface area contributed by atoms with E-state index >= 15 is 0 Å². The molecule has 2 aromatic rings. The maximum Gasteiger partial charge on any atom is 0.286 e. The van der Waals surface area contributed by atoms with Crippen LogP contribution >= 0.6 is 0 Å². The molecule has 0 spiro atoms. The van der Waals surface area contributed by atoms with Crippen molar-refractivity contribution < 1.29 is 9.21 Å². The van der Waals surface area contributed by atoms with Crippen LogP contribution in [0.2, 0.25) is 0 Å². The first-order valence-electron chi connectivity index (χ1n) is 6.12. The first kappa shape index (κ1) is 12.4. The number of carbonyl (C=O) groups is 1. The third-order valence-corrected chi connectivity index (χ3v) is 2.67. The number of imidazole rings is 1. The Morgan fingerprint density at radius 3 is 3.06 bits per heavy atom. The molecule has 0 radical (unpaired) electrons. The van der Waals surface area contributed by atoms with Gasteiger partial charge in [-0.3, -0.25) is 4.79 Å². The summed E-state index contributed by atoms with van der Waals surface area (Å²) in [6.07, 6.45) is 7.08. The van der Waals surface area contributed by atoms with Crippen LogP contribution < -0.4 is 5.32 Å². The van der Waals surface area contributed by atoms with E-state index in [4.69, 9.17) is 4.42 Å². The lowest BCUT2D eigenvalue weighted by molar-refractivity contribution is 0.0923. The number of rotatable bonds is 6. The van der Waals surface area contributed by atoms with E-state index in [9.17, 15) is 4.79 Å². The number of amides is 1. The van der Waals surface area contributed by atoms with Crippen molar-refractivity contribution in [2.24, 2.45) is 0 Å². The minimum Gasteiger partial charge on any atom is -0.456 e. The van der Waals surface area contributed by atoms with Crippen molar-refractivity contribution in [3.05, 3.63) is 42.4 Å². The van der Waals surface area contributed by atoms with Crippen LogP contribution in [0.1, 0.15) is 29.7 Å². The summed E-state index contributed by atoms with van der Waals surface area (Å²) >= 11 is 0. The zero-order valence-corrected chi connectivity index (χ0v) is 10.4. The van der Waals surface area contributed by atoms with E-state index in [-0.39, 0.29) is 5.91 Å². The van der Waals surface area contributed by atoms with E-state index in [1.165, 1.54) is 0 Å². The normalized spacial score (nSPS) is 10.5. The Labute approximate surface area is 106 Å². The molecule has 1 N–H and O–H groups in total. The van der Waals surface area contributed by atoms with E-state index < -0.39 is 0 Å². The summed E-state index contributed by atoms with van der Waals surface area (Å²) in [4.78, 5) is 15.7. The van der Waals surface area contributed by atoms with Crippen molar-refractivity contribution in [2.45, 2.75) is 26.3 Å². The molecule has 2 aromatic heterocycles. The summed E-state index contributed by atoms with van der Waals surface area (Å²) in [5.41, 5.74) is 0. The Hall–Kier alpha value is -2.04. The van der Waals surface area contributed by atoms with Gasteiger partial charge in [-0.1, -0.05) is 6.92 Å². The molecule has 18 heavy (non-hydrogen) atoms. The first-order chi connectivity index (χ1) is 8.79. The van der Waals surface area contributed by atoms with Crippen LogP contribution in [-0.4, -0.2) is 22.0 Å². The van der Waals surface area contributed by atoms with Gasteiger partial charge in [0.05, 0.1) is 6.33 Å². The third kappa shape index (κ3) is 3.23. The largest absolute Gasteiger partial charge is 0.456 e. The minimum atomic E-state index is -0.152. The van der Waals surface area contributed by atoms with Crippen LogP contribution in [0.3, 0.4) is 0 Å². The van der Waals surface area contributed by atoms with E-state index in [1.54, 1.807) is 18.6 Å². The maximum atomic E-state index is 11.7. The van der Waals surface area contributed by atoms with Gasteiger partial charge in [-0.05, 0) is 18.6 Å². The second-order valence-corrected chi connectivity index (χ2v) is 4.03. The van der Waals surface area contributed by atoms with Gasteiger partial charge in [-0.25, -0.2) is 4.98 Å². The highest BCUT2D eigenvalue weighted by atomic mass is 16.3. The van der Waals surface area contributed by atoms with Crippen LogP contribution in [0.15, 0.2) is 35.3 Å². The topological polar surface area (TPSA) is 60.1 Å². The summed E-state index contributed by atoms with van der Waals surface area (Å²) < 4.78 is 7.35. The Morgan fingerprint density at radius 1 is 1.50 bits per heavy atom. The fourth-order valence-corrected chi connectivity index (χ4v) is 1.66. The standard InChI is InChI=1S/C13H17N3O2/c1-2-11-4-5-12(18-11)13(17)15-6-3-8-16-9-7-14-10-16/h4-5,7,9-10H,2-3,6,8H2,1H3,(H,15,17). The van der Waals surface area contributed by atoms with Gasteiger partial charge in [-0.2, -0.15) is 0 Å². The average molecular weight is 247 g/mol. The Balaban J connectivity index is 1.71. The number of carbonyl (C=O) groups excluding carboxylic acids is 1. The smallest absolute Gasteiger partial charge is 0.286 e. The van der Waals surface area contributed by atoms with Crippen LogP contribution in [0.5, 0.6) is 0 Å². The highest BCUT2D eigenvalue weighted by Crippen LogP contribution is 2.07. The number of furan rings is 1. The molecule has 0 bridgehead atoms. The molecule has 0 unspecified atom stereocenters. The molecule has 0 fully saturated rings. The summed E-state index contributed by atoms with van der Waals surface area (Å²) in [6.45, 7) is 3.46. The lowest BCUT2D eigenvalue weighted by Gasteiger charge is -2.03. The zero-order valence-electron chi connectivity index (χ0n) is 10.4. The van der Waals surface area contributed by atoms with Gasteiger partial charge in [0.15, 0.2) is 5.76 Å². The van der Waals surface area contributed by atoms with E-state index in [0.717, 1.165) is 25.1 Å². The van der Waals surface area contributed by atoms with Gasteiger partial charge in [0.1, 0.15) is 5.76 Å². The van der Waals surface area contributed by atoms with Crippen LogP contribution in [0.4, 0.5) is 0 Å². The van der Waals surface area contributed by atoms with Crippen molar-refractivity contribution in [1.82, 2.24) is 14.9 Å². The quantitative estimate of drug-likeness (QED) is 0.792. The average Bonchev–Trinajstić information content (AvgIpc) is 3.05. The molecule has 2 heterocycles. The fraction of sp³-hybridized carbons (Fsp3) is 0.385. The molecule has 0 aliphatic carbocycles. The number of hydrogen-bond donors (Lipinski definition) is 1. The zero-order chi connectivity index (χ0) is 12.8. The van der Waals surface area contributed by atoms with Gasteiger partial charge >= 0.3 is 0 Å². The number of nitrogens with one attached hydrogen (secondary N) is 1. The van der Waals surface area contributed by atoms with Gasteiger partial charge in [0.2, 0.25) is 0 Å². The van der Waals surface area contributed by atoms with Gasteiger partial charge in [-0.15, -0.1) is 0 Å². The van der Waals surface area contributed by atoms with Gasteiger partial charge < -0.3 is 14.3 Å². The molecule has 1 amide bonds. The Morgan fingerprint density at radius 2 is 2.39 bits per heavy atom. The number of aryl methyl sites for hydroxylation is 2. The number of aromatic nitrogens is 2. The van der Waals surface area contributed by atoms with Crippen molar-refractivity contribution >= 4 is 5.91 Å². The second-order valence-electron chi connectivity index (χ2n) is 4.03. The molecule has 0 atom stereocenters. The fourth-order valence-electron chi connectivity index (χ4n) is 1.66. The van der Waals surface area contributed by atoms with E-state index in [0.29, 0.717) is 12.3 Å². The predicted octanol–water partition coefficient (Wildman–Crippen LogP) is 1.86. The van der Waals surface area contributed by atoms with Crippen molar-refractivity contribution in [2.75, 3.05) is 6.54 Å². The lowest BCUT2D eigenvalue weighted by Crippen LogP contribution is -2.24. The summed E-state index contributed by atoms with van der Waals surface area (Å²) in [5, 5.41) is 2.83. The second kappa shape index (κ2) is 6.05. The van der Waals surface area contributed by atoms with Crippen molar-refractivity contribution in [3.63, 3.8) is 0 Å². The predicted molar refractivity (Wildman–Crippen MR) is 67.3 cm³/mol. The summed E-state index contributed by atoms with van der Waals surface area (Å²) in [7, 11) is 0. The van der Waals surface area contributed by atoms with Crippen LogP contribution in [-0.2, 0) is 13.0 Å². The molecular formula is C13H17N3O2. The maximum absolute atomic E-state index is 11.7. The van der Waals surface area contributed by atoms with Crippen LogP contribution in [0, 0.1) is 0 Å². The highest BCUT2D eigenvalue weighted by Gasteiger charge is 2.09. The molecular weight excluding hydrogens is 230 g/mol. The molecule has 0 aromatic carbocycles. The molecule has 2 rings (SSSR count). The van der Waals surface area contributed by atoms with E-state index in [2.05, 4.69) is 10.3 Å². The lowest BCUT2D eigenvalue weighted by atomic mass is 10.3. The monoisotopic (exact) mass is 247 g/mol. The SMILES string of the molecule is CCc1ccc(C(=O)NCCCn2ccnc2)o1. The molecule has 0 aliphatic heterocycles. The third-order valence-electron chi connectivity index (χ3n) is 2.67. The van der Waals surface area contributed by atoms with Crippen molar-refractivity contribution in [1.29, 1.82) is 0 Å². The van der Waals surface area contributed by atoms with Crippen molar-refractivity contribution in [3.8, 4) is 0 Å². The minimum absolute atomic E-state index is 0.152. The van der Waals surface area contributed by atoms with E-state index in [1.807, 2.05) is 23.8 Å². The number of hydrogen-bond acceptors (Lipinski definition) is 3. The molecule has 0 aliphatic rings. The van der Waals surface area contributed by atoms with Crippen LogP contribution in [0.25, 0.3) is 0 Å². The first-order valence-corrected chi connectivity index (χ1v) is 6.12. The highest BCUT2D eigenvalue weighted by molar-refractivity contribution is 5.91. The van der Waals surface area contributed by atoms with Gasteiger partial charge in [0, 0.05) is 31.9 Å². The summed E-state index contributed by atoms with van der Waals surface area (Å²) in [6, 6.07) is 3.55. The molecule has 0 saturated heterocycles. The molecule has 0 saturated carbocycles. The summed E-state index contributed by atoms with van der Waals surface area (Å²) in [5.74, 6) is 1.06. The molecule has 5 heteroatoms. The Kier molecular flexibility index (Phi) is 4.17. The molecule has 96 valence electrons. The number of nitrogens with zero attached hydrogens (tertiary/aromatic N) is 2.